The van der Waals surface area contributed by atoms with Gasteiger partial charge in [-0.15, -0.1) is 0 Å². The lowest BCUT2D eigenvalue weighted by atomic mass is 9.67. The standard InChI is InChI=1S/C53H40N2O2/c1-3-13-39(14-4-1)37-56-47-19-11-17-41(33-47)35-54-45-29-25-43(26-30-45)53(51-23-9-7-21-49(51)50-22-8-10-24-52(50)53)44-27-31-46(32-28-44)55-36-42-18-12-20-48(34-42)57-38-40-15-5-2-6-16-40/h1-36H,37-38H2. The lowest BCUT2D eigenvalue weighted by Gasteiger charge is -2.34. The number of hydrogen-bond acceptors (Lipinski definition) is 4. The molecule has 0 fully saturated rings. The van der Waals surface area contributed by atoms with Crippen LogP contribution in [0.4, 0.5) is 11.4 Å². The molecular weight excluding hydrogens is 697 g/mol. The third-order valence-corrected chi connectivity index (χ3v) is 10.5. The molecule has 0 heterocycles. The minimum atomic E-state index is -0.521. The molecule has 0 unspecified atom stereocenters. The van der Waals surface area contributed by atoms with Gasteiger partial charge < -0.3 is 9.47 Å². The average molecular weight is 737 g/mol. The van der Waals surface area contributed by atoms with Gasteiger partial charge in [-0.1, -0.05) is 158 Å². The van der Waals surface area contributed by atoms with Crippen molar-refractivity contribution in [1.82, 2.24) is 0 Å². The van der Waals surface area contributed by atoms with Crippen molar-refractivity contribution < 1.29 is 9.47 Å². The molecular formula is C53H40N2O2. The smallest absolute Gasteiger partial charge is 0.120 e. The molecule has 0 amide bonds. The van der Waals surface area contributed by atoms with Gasteiger partial charge in [0.1, 0.15) is 24.7 Å². The summed E-state index contributed by atoms with van der Waals surface area (Å²) >= 11 is 0. The summed E-state index contributed by atoms with van der Waals surface area (Å²) in [6, 6.07) is 71.4. The topological polar surface area (TPSA) is 43.2 Å². The predicted octanol–water partition coefficient (Wildman–Crippen LogP) is 12.7. The molecule has 0 aromatic heterocycles. The van der Waals surface area contributed by atoms with Gasteiger partial charge in [-0.25, -0.2) is 0 Å². The van der Waals surface area contributed by atoms with E-state index in [0.29, 0.717) is 13.2 Å². The Morgan fingerprint density at radius 2 is 0.789 bits per heavy atom. The summed E-state index contributed by atoms with van der Waals surface area (Å²) in [5.74, 6) is 1.63. The molecule has 274 valence electrons. The van der Waals surface area contributed by atoms with E-state index in [0.717, 1.165) is 45.1 Å². The van der Waals surface area contributed by atoms with Gasteiger partial charge in [0.15, 0.2) is 0 Å². The Morgan fingerprint density at radius 1 is 0.386 bits per heavy atom. The van der Waals surface area contributed by atoms with Crippen LogP contribution in [0.3, 0.4) is 0 Å². The fourth-order valence-electron chi connectivity index (χ4n) is 7.77. The van der Waals surface area contributed by atoms with Crippen LogP contribution in [0, 0.1) is 0 Å². The van der Waals surface area contributed by atoms with Crippen LogP contribution in [0.5, 0.6) is 11.5 Å². The molecule has 0 saturated carbocycles. The molecule has 1 aliphatic rings. The van der Waals surface area contributed by atoms with E-state index in [1.165, 1.54) is 33.4 Å². The Bertz CT molecular complexity index is 2480. The second-order valence-electron chi connectivity index (χ2n) is 14.1. The second-order valence-corrected chi connectivity index (χ2v) is 14.1. The molecule has 0 spiro atoms. The minimum absolute atomic E-state index is 0.521. The van der Waals surface area contributed by atoms with Crippen molar-refractivity contribution in [1.29, 1.82) is 0 Å². The SMILES string of the molecule is C(=Nc1ccc(C2(c3ccc(N=Cc4cccc(OCc5ccccc5)c4)cc3)c3ccccc3-c3ccccc32)cc1)c1cccc(OCc2ccccc2)c1. The first-order valence-corrected chi connectivity index (χ1v) is 19.2. The number of nitrogens with zero attached hydrogens (tertiary/aromatic N) is 2. The summed E-state index contributed by atoms with van der Waals surface area (Å²) in [6.45, 7) is 1.04. The van der Waals surface area contributed by atoms with E-state index in [9.17, 15) is 0 Å². The van der Waals surface area contributed by atoms with Crippen LogP contribution in [0.15, 0.2) is 216 Å². The van der Waals surface area contributed by atoms with Crippen molar-refractivity contribution in [2.24, 2.45) is 9.98 Å². The van der Waals surface area contributed by atoms with Crippen molar-refractivity contribution in [3.8, 4) is 22.6 Å². The fraction of sp³-hybridized carbons (Fsp3) is 0.0566. The van der Waals surface area contributed by atoms with Gasteiger partial charge in [0.25, 0.3) is 0 Å². The summed E-state index contributed by atoms with van der Waals surface area (Å²) in [5, 5.41) is 0. The molecule has 4 nitrogen and oxygen atoms in total. The molecule has 8 aromatic carbocycles. The van der Waals surface area contributed by atoms with E-state index in [4.69, 9.17) is 19.5 Å². The maximum Gasteiger partial charge on any atom is 0.120 e. The maximum absolute atomic E-state index is 6.06. The van der Waals surface area contributed by atoms with Gasteiger partial charge in [-0.2, -0.15) is 0 Å². The lowest BCUT2D eigenvalue weighted by Crippen LogP contribution is -2.28. The normalized spacial score (nSPS) is 12.7. The second kappa shape index (κ2) is 16.2. The molecule has 4 heteroatoms. The van der Waals surface area contributed by atoms with E-state index >= 15 is 0 Å². The van der Waals surface area contributed by atoms with Gasteiger partial charge in [0, 0.05) is 12.4 Å². The van der Waals surface area contributed by atoms with Gasteiger partial charge in [-0.3, -0.25) is 9.98 Å². The van der Waals surface area contributed by atoms with Crippen LogP contribution in [-0.4, -0.2) is 12.4 Å². The fourth-order valence-corrected chi connectivity index (χ4v) is 7.77. The third-order valence-electron chi connectivity index (χ3n) is 10.5. The molecule has 0 atom stereocenters. The number of fused-ring (bicyclic) bond motifs is 3. The summed E-state index contributed by atoms with van der Waals surface area (Å²) in [6.07, 6.45) is 3.79. The van der Waals surface area contributed by atoms with Crippen LogP contribution >= 0.6 is 0 Å². The Hall–Kier alpha value is -7.30. The van der Waals surface area contributed by atoms with Crippen molar-refractivity contribution >= 4 is 23.8 Å². The molecule has 0 aliphatic heterocycles. The molecule has 8 aromatic rings. The van der Waals surface area contributed by atoms with Crippen molar-refractivity contribution in [3.63, 3.8) is 0 Å². The number of hydrogen-bond donors (Lipinski definition) is 0. The first kappa shape index (κ1) is 35.4. The highest BCUT2D eigenvalue weighted by Gasteiger charge is 2.45. The highest BCUT2D eigenvalue weighted by atomic mass is 16.5. The highest BCUT2D eigenvalue weighted by Crippen LogP contribution is 2.56. The van der Waals surface area contributed by atoms with E-state index in [2.05, 4.69) is 121 Å². The van der Waals surface area contributed by atoms with Gasteiger partial charge in [0.05, 0.1) is 16.8 Å². The van der Waals surface area contributed by atoms with E-state index in [1.807, 2.05) is 97.4 Å². The van der Waals surface area contributed by atoms with Crippen LogP contribution in [0.2, 0.25) is 0 Å². The van der Waals surface area contributed by atoms with E-state index < -0.39 is 5.41 Å². The van der Waals surface area contributed by atoms with Crippen LogP contribution in [0.1, 0.15) is 44.5 Å². The zero-order chi connectivity index (χ0) is 38.3. The quantitative estimate of drug-likeness (QED) is 0.117. The summed E-state index contributed by atoms with van der Waals surface area (Å²) in [4.78, 5) is 9.74. The van der Waals surface area contributed by atoms with Crippen molar-refractivity contribution in [3.05, 3.63) is 251 Å². The number of rotatable bonds is 12. The van der Waals surface area contributed by atoms with Gasteiger partial charge in [0.2, 0.25) is 0 Å². The first-order chi connectivity index (χ1) is 28.2. The van der Waals surface area contributed by atoms with E-state index in [1.54, 1.807) is 0 Å². The molecule has 0 radical (unpaired) electrons. The molecule has 57 heavy (non-hydrogen) atoms. The Labute approximate surface area is 334 Å². The molecule has 0 saturated heterocycles. The number of ether oxygens (including phenoxy) is 2. The maximum atomic E-state index is 6.06. The zero-order valence-corrected chi connectivity index (χ0v) is 31.4. The molecule has 0 bridgehead atoms. The largest absolute Gasteiger partial charge is 0.489 e. The molecule has 0 N–H and O–H groups in total. The zero-order valence-electron chi connectivity index (χ0n) is 31.4. The predicted molar refractivity (Wildman–Crippen MR) is 233 cm³/mol. The summed E-state index contributed by atoms with van der Waals surface area (Å²) in [5.41, 5.74) is 12.8. The number of benzene rings is 8. The van der Waals surface area contributed by atoms with Gasteiger partial charge >= 0.3 is 0 Å². The average Bonchev–Trinajstić information content (AvgIpc) is 3.59. The highest BCUT2D eigenvalue weighted by molar-refractivity contribution is 5.87. The Kier molecular flexibility index (Phi) is 10.1. The van der Waals surface area contributed by atoms with Gasteiger partial charge in [-0.05, 0) is 104 Å². The summed E-state index contributed by atoms with van der Waals surface area (Å²) in [7, 11) is 0. The Morgan fingerprint density at radius 3 is 1.23 bits per heavy atom. The Balaban J connectivity index is 0.989. The summed E-state index contributed by atoms with van der Waals surface area (Å²) < 4.78 is 12.1. The van der Waals surface area contributed by atoms with E-state index in [-0.39, 0.29) is 0 Å². The van der Waals surface area contributed by atoms with Crippen molar-refractivity contribution in [2.45, 2.75) is 18.6 Å². The monoisotopic (exact) mass is 736 g/mol. The third kappa shape index (κ3) is 7.54. The van der Waals surface area contributed by atoms with Crippen LogP contribution < -0.4 is 9.47 Å². The molecule has 1 aliphatic carbocycles. The first-order valence-electron chi connectivity index (χ1n) is 19.2. The van der Waals surface area contributed by atoms with Crippen LogP contribution in [-0.2, 0) is 18.6 Å². The van der Waals surface area contributed by atoms with Crippen molar-refractivity contribution in [2.75, 3.05) is 0 Å². The minimum Gasteiger partial charge on any atom is -0.489 e. The molecule has 9 rings (SSSR count). The lowest BCUT2D eigenvalue weighted by molar-refractivity contribution is 0.306. The number of aliphatic imine (C=N–C) groups is 2. The van der Waals surface area contributed by atoms with Crippen LogP contribution in [0.25, 0.3) is 11.1 Å².